The number of primary amides is 1. The molecular weight excluding hydrogens is 296 g/mol. The Balaban J connectivity index is 2.09. The summed E-state index contributed by atoms with van der Waals surface area (Å²) in [6.07, 6.45) is 0. The van der Waals surface area contributed by atoms with Crippen LogP contribution < -0.4 is 5.73 Å². The van der Waals surface area contributed by atoms with Crippen molar-refractivity contribution in [1.29, 1.82) is 0 Å². The first-order valence-corrected chi connectivity index (χ1v) is 7.71. The normalized spacial score (nSPS) is 10.5. The molecular formula is C16H14N4OS. The zero-order valence-electron chi connectivity index (χ0n) is 11.7. The molecule has 6 heteroatoms. The predicted octanol–water partition coefficient (Wildman–Crippen LogP) is 2.51. The van der Waals surface area contributed by atoms with E-state index in [9.17, 15) is 4.79 Å². The van der Waals surface area contributed by atoms with Gasteiger partial charge in [-0.15, -0.1) is 10.2 Å². The maximum atomic E-state index is 11.0. The lowest BCUT2D eigenvalue weighted by atomic mass is 10.2. The quantitative estimate of drug-likeness (QED) is 0.735. The Bertz CT molecular complexity index is 771. The molecule has 0 bridgehead atoms. The molecule has 0 aliphatic carbocycles. The van der Waals surface area contributed by atoms with E-state index in [1.54, 1.807) is 0 Å². The molecule has 3 rings (SSSR count). The van der Waals surface area contributed by atoms with Gasteiger partial charge in [0.15, 0.2) is 11.0 Å². The first-order chi connectivity index (χ1) is 10.8. The van der Waals surface area contributed by atoms with Crippen molar-refractivity contribution >= 4 is 17.7 Å². The highest BCUT2D eigenvalue weighted by molar-refractivity contribution is 7.99. The second kappa shape index (κ2) is 6.44. The monoisotopic (exact) mass is 310 g/mol. The largest absolute Gasteiger partial charge is 0.369 e. The molecule has 0 unspecified atom stereocenters. The fourth-order valence-corrected chi connectivity index (χ4v) is 2.77. The van der Waals surface area contributed by atoms with Crippen molar-refractivity contribution in [2.24, 2.45) is 5.73 Å². The molecule has 0 aliphatic heterocycles. The zero-order valence-corrected chi connectivity index (χ0v) is 12.5. The predicted molar refractivity (Wildman–Crippen MR) is 86.7 cm³/mol. The van der Waals surface area contributed by atoms with Crippen LogP contribution in [-0.4, -0.2) is 26.4 Å². The van der Waals surface area contributed by atoms with Crippen LogP contribution in [0.5, 0.6) is 0 Å². The van der Waals surface area contributed by atoms with Crippen LogP contribution in [0.3, 0.4) is 0 Å². The van der Waals surface area contributed by atoms with Gasteiger partial charge in [0, 0.05) is 11.3 Å². The van der Waals surface area contributed by atoms with Crippen LogP contribution in [0.25, 0.3) is 17.1 Å². The summed E-state index contributed by atoms with van der Waals surface area (Å²) in [5.74, 6) is 0.521. The molecule has 1 heterocycles. The Hall–Kier alpha value is -2.60. The third-order valence-corrected chi connectivity index (χ3v) is 3.97. The van der Waals surface area contributed by atoms with Crippen LogP contribution in [0, 0.1) is 0 Å². The van der Waals surface area contributed by atoms with Gasteiger partial charge in [0.2, 0.25) is 5.91 Å². The minimum Gasteiger partial charge on any atom is -0.369 e. The van der Waals surface area contributed by atoms with Crippen molar-refractivity contribution in [3.63, 3.8) is 0 Å². The van der Waals surface area contributed by atoms with Crippen molar-refractivity contribution in [3.05, 3.63) is 60.7 Å². The summed E-state index contributed by atoms with van der Waals surface area (Å²) in [6.45, 7) is 0. The lowest BCUT2D eigenvalue weighted by Crippen LogP contribution is -2.13. The topological polar surface area (TPSA) is 73.8 Å². The van der Waals surface area contributed by atoms with Crippen molar-refractivity contribution in [3.8, 4) is 17.1 Å². The van der Waals surface area contributed by atoms with Crippen LogP contribution >= 0.6 is 11.8 Å². The van der Waals surface area contributed by atoms with Crippen LogP contribution in [0.2, 0.25) is 0 Å². The second-order valence-corrected chi connectivity index (χ2v) is 5.54. The summed E-state index contributed by atoms with van der Waals surface area (Å²) in [4.78, 5) is 11.0. The number of amides is 1. The minimum absolute atomic E-state index is 0.166. The molecule has 0 saturated heterocycles. The number of rotatable bonds is 5. The van der Waals surface area contributed by atoms with Crippen LogP contribution in [0.1, 0.15) is 0 Å². The Kier molecular flexibility index (Phi) is 4.20. The van der Waals surface area contributed by atoms with Crippen LogP contribution in [0.4, 0.5) is 0 Å². The number of carbonyl (C=O) groups is 1. The molecule has 0 fully saturated rings. The Morgan fingerprint density at radius 3 is 2.27 bits per heavy atom. The lowest BCUT2D eigenvalue weighted by Gasteiger charge is -2.09. The summed E-state index contributed by atoms with van der Waals surface area (Å²) in [6, 6.07) is 19.6. The molecule has 3 aromatic rings. The van der Waals surface area contributed by atoms with Gasteiger partial charge in [-0.2, -0.15) is 0 Å². The number of aromatic nitrogens is 3. The number of hydrogen-bond donors (Lipinski definition) is 1. The molecule has 0 spiro atoms. The average Bonchev–Trinajstić information content (AvgIpc) is 2.98. The van der Waals surface area contributed by atoms with E-state index in [1.807, 2.05) is 65.2 Å². The fraction of sp³-hybridized carbons (Fsp3) is 0.0625. The first kappa shape index (κ1) is 14.3. The standard InChI is InChI=1S/C16H14N4OS/c17-14(21)11-22-16-19-18-15(12-7-3-1-4-8-12)20(16)13-9-5-2-6-10-13/h1-10H,11H2,(H2,17,21). The van der Waals surface area contributed by atoms with E-state index >= 15 is 0 Å². The van der Waals surface area contributed by atoms with E-state index in [0.717, 1.165) is 17.1 Å². The number of thioether (sulfide) groups is 1. The van der Waals surface area contributed by atoms with Crippen LogP contribution in [-0.2, 0) is 4.79 Å². The number of benzene rings is 2. The summed E-state index contributed by atoms with van der Waals surface area (Å²) < 4.78 is 1.93. The van der Waals surface area contributed by atoms with E-state index in [1.165, 1.54) is 11.8 Å². The van der Waals surface area contributed by atoms with E-state index in [4.69, 9.17) is 5.73 Å². The average molecular weight is 310 g/mol. The third kappa shape index (κ3) is 3.01. The summed E-state index contributed by atoms with van der Waals surface area (Å²) in [7, 11) is 0. The molecule has 2 aromatic carbocycles. The number of carbonyl (C=O) groups excluding carboxylic acids is 1. The summed E-state index contributed by atoms with van der Waals surface area (Å²) >= 11 is 1.28. The van der Waals surface area contributed by atoms with Crippen molar-refractivity contribution < 1.29 is 4.79 Å². The van der Waals surface area contributed by atoms with Gasteiger partial charge < -0.3 is 5.73 Å². The molecule has 22 heavy (non-hydrogen) atoms. The number of nitrogens with zero attached hydrogens (tertiary/aromatic N) is 3. The molecule has 0 aliphatic rings. The molecule has 1 amide bonds. The van der Waals surface area contributed by atoms with E-state index in [2.05, 4.69) is 10.2 Å². The van der Waals surface area contributed by atoms with Crippen molar-refractivity contribution in [2.45, 2.75) is 5.16 Å². The maximum Gasteiger partial charge on any atom is 0.227 e. The third-order valence-electron chi connectivity index (χ3n) is 3.02. The van der Waals surface area contributed by atoms with E-state index in [0.29, 0.717) is 5.16 Å². The molecule has 110 valence electrons. The van der Waals surface area contributed by atoms with Gasteiger partial charge in [-0.05, 0) is 12.1 Å². The molecule has 1 aromatic heterocycles. The number of hydrogen-bond acceptors (Lipinski definition) is 4. The molecule has 2 N–H and O–H groups in total. The number of para-hydroxylation sites is 1. The Morgan fingerprint density at radius 1 is 1.00 bits per heavy atom. The maximum absolute atomic E-state index is 11.0. The molecule has 0 saturated carbocycles. The smallest absolute Gasteiger partial charge is 0.227 e. The SMILES string of the molecule is NC(=O)CSc1nnc(-c2ccccc2)n1-c1ccccc1. The molecule has 0 atom stereocenters. The Labute approximate surface area is 132 Å². The summed E-state index contributed by atoms with van der Waals surface area (Å²) in [5.41, 5.74) is 7.14. The second-order valence-electron chi connectivity index (χ2n) is 4.60. The highest BCUT2D eigenvalue weighted by Crippen LogP contribution is 2.27. The first-order valence-electron chi connectivity index (χ1n) is 6.73. The van der Waals surface area contributed by atoms with Gasteiger partial charge in [0.1, 0.15) is 0 Å². The van der Waals surface area contributed by atoms with Gasteiger partial charge in [-0.25, -0.2) is 0 Å². The van der Waals surface area contributed by atoms with Crippen molar-refractivity contribution in [2.75, 3.05) is 5.75 Å². The van der Waals surface area contributed by atoms with Gasteiger partial charge in [-0.1, -0.05) is 60.3 Å². The Morgan fingerprint density at radius 2 is 1.64 bits per heavy atom. The minimum atomic E-state index is -0.381. The number of nitrogens with two attached hydrogens (primary N) is 1. The highest BCUT2D eigenvalue weighted by Gasteiger charge is 2.16. The fourth-order valence-electron chi connectivity index (χ4n) is 2.08. The summed E-state index contributed by atoms with van der Waals surface area (Å²) in [5, 5.41) is 9.13. The molecule has 5 nitrogen and oxygen atoms in total. The lowest BCUT2D eigenvalue weighted by molar-refractivity contribution is -0.115. The van der Waals surface area contributed by atoms with Gasteiger partial charge >= 0.3 is 0 Å². The van der Waals surface area contributed by atoms with Gasteiger partial charge in [-0.3, -0.25) is 9.36 Å². The van der Waals surface area contributed by atoms with E-state index < -0.39 is 0 Å². The van der Waals surface area contributed by atoms with Gasteiger partial charge in [0.05, 0.1) is 5.75 Å². The molecule has 0 radical (unpaired) electrons. The zero-order chi connectivity index (χ0) is 15.4. The van der Waals surface area contributed by atoms with Crippen LogP contribution in [0.15, 0.2) is 65.8 Å². The van der Waals surface area contributed by atoms with Gasteiger partial charge in [0.25, 0.3) is 0 Å². The highest BCUT2D eigenvalue weighted by atomic mass is 32.2. The van der Waals surface area contributed by atoms with E-state index in [-0.39, 0.29) is 11.7 Å². The van der Waals surface area contributed by atoms with Crippen molar-refractivity contribution in [1.82, 2.24) is 14.8 Å².